The number of anilines is 2. The normalized spacial score (nSPS) is 10.9. The number of rotatable bonds is 6. The number of imidazole rings is 1. The maximum absolute atomic E-state index is 4.50. The third-order valence-corrected chi connectivity index (χ3v) is 3.59. The van der Waals surface area contributed by atoms with Crippen LogP contribution in [0.25, 0.3) is 5.82 Å². The van der Waals surface area contributed by atoms with Gasteiger partial charge in [0.2, 0.25) is 11.9 Å². The minimum Gasteiger partial charge on any atom is -0.350 e. The number of aromatic nitrogens is 6. The van der Waals surface area contributed by atoms with Crippen LogP contribution in [0.1, 0.15) is 31.2 Å². The second kappa shape index (κ2) is 7.25. The molecule has 25 heavy (non-hydrogen) atoms. The molecule has 0 bridgehead atoms. The highest BCUT2D eigenvalue weighted by Gasteiger charge is 2.11. The topological polar surface area (TPSA) is 84.7 Å². The molecule has 3 aromatic rings. The second-order valence-corrected chi connectivity index (χ2v) is 6.21. The fourth-order valence-corrected chi connectivity index (χ4v) is 2.17. The Balaban J connectivity index is 1.72. The third kappa shape index (κ3) is 4.09. The van der Waals surface area contributed by atoms with E-state index in [2.05, 4.69) is 44.1 Å². The first kappa shape index (κ1) is 16.8. The van der Waals surface area contributed by atoms with Crippen molar-refractivity contribution in [2.24, 2.45) is 0 Å². The van der Waals surface area contributed by atoms with Gasteiger partial charge in [-0.1, -0.05) is 19.9 Å². The molecule has 0 aliphatic rings. The van der Waals surface area contributed by atoms with E-state index in [-0.39, 0.29) is 5.92 Å². The van der Waals surface area contributed by atoms with Gasteiger partial charge in [0, 0.05) is 45.1 Å². The van der Waals surface area contributed by atoms with E-state index in [1.807, 2.05) is 48.1 Å². The molecule has 0 aliphatic heterocycles. The van der Waals surface area contributed by atoms with Gasteiger partial charge in [0.1, 0.15) is 18.0 Å². The molecular weight excluding hydrogens is 316 g/mol. The smallest absolute Gasteiger partial charge is 0.229 e. The number of nitrogens with one attached hydrogen (secondary N) is 1. The van der Waals surface area contributed by atoms with Gasteiger partial charge in [-0.05, 0) is 11.6 Å². The Hall–Kier alpha value is -3.03. The zero-order valence-corrected chi connectivity index (χ0v) is 14.9. The maximum Gasteiger partial charge on any atom is 0.229 e. The summed E-state index contributed by atoms with van der Waals surface area (Å²) in [7, 11) is 3.84. The van der Waals surface area contributed by atoms with Crippen LogP contribution in [0, 0.1) is 0 Å². The summed E-state index contributed by atoms with van der Waals surface area (Å²) in [5, 5.41) is 3.26. The Bertz CT molecular complexity index is 783. The van der Waals surface area contributed by atoms with Crippen LogP contribution in [0.5, 0.6) is 0 Å². The highest BCUT2D eigenvalue weighted by molar-refractivity contribution is 5.37. The first-order valence-electron chi connectivity index (χ1n) is 8.13. The van der Waals surface area contributed by atoms with E-state index in [1.54, 1.807) is 12.5 Å². The number of pyridine rings is 1. The van der Waals surface area contributed by atoms with Crippen LogP contribution in [0.4, 0.5) is 11.9 Å². The van der Waals surface area contributed by atoms with Crippen LogP contribution in [0.3, 0.4) is 0 Å². The Kier molecular flexibility index (Phi) is 4.87. The van der Waals surface area contributed by atoms with Crippen molar-refractivity contribution in [2.45, 2.75) is 26.3 Å². The lowest BCUT2D eigenvalue weighted by atomic mass is 10.2. The van der Waals surface area contributed by atoms with Crippen LogP contribution < -0.4 is 10.2 Å². The second-order valence-electron chi connectivity index (χ2n) is 6.21. The Morgan fingerprint density at radius 2 is 2.00 bits per heavy atom. The molecule has 0 aromatic carbocycles. The summed E-state index contributed by atoms with van der Waals surface area (Å²) >= 11 is 0. The molecule has 0 saturated carbocycles. The van der Waals surface area contributed by atoms with E-state index in [4.69, 9.17) is 0 Å². The fraction of sp³-hybridized carbons (Fsp3) is 0.353. The van der Waals surface area contributed by atoms with Gasteiger partial charge in [-0.25, -0.2) is 9.97 Å². The van der Waals surface area contributed by atoms with Crippen molar-refractivity contribution >= 4 is 11.9 Å². The van der Waals surface area contributed by atoms with E-state index in [9.17, 15) is 0 Å². The van der Waals surface area contributed by atoms with Crippen molar-refractivity contribution in [3.05, 3.63) is 48.4 Å². The lowest BCUT2D eigenvalue weighted by molar-refractivity contribution is 0.754. The van der Waals surface area contributed by atoms with Crippen molar-refractivity contribution in [2.75, 3.05) is 24.3 Å². The summed E-state index contributed by atoms with van der Waals surface area (Å²) < 4.78 is 1.86. The monoisotopic (exact) mass is 338 g/mol. The molecule has 130 valence electrons. The highest BCUT2D eigenvalue weighted by Crippen LogP contribution is 2.15. The molecule has 3 aromatic heterocycles. The minimum atomic E-state index is 0.235. The van der Waals surface area contributed by atoms with Crippen LogP contribution in [-0.2, 0) is 6.54 Å². The molecule has 8 heteroatoms. The number of hydrogen-bond acceptors (Lipinski definition) is 7. The standard InChI is InChI=1S/C17H22N8/c1-12(2)15-21-16(23-17(22-15)24(3)4)20-10-13-5-6-14(19-9-13)25-8-7-18-11-25/h5-9,11-12H,10H2,1-4H3,(H,20,21,22,23). The average molecular weight is 338 g/mol. The summed E-state index contributed by atoms with van der Waals surface area (Å²) in [6, 6.07) is 3.98. The fourth-order valence-electron chi connectivity index (χ4n) is 2.17. The number of nitrogens with zero attached hydrogens (tertiary/aromatic N) is 7. The average Bonchev–Trinajstić information content (AvgIpc) is 3.14. The molecule has 0 radical (unpaired) electrons. The van der Waals surface area contributed by atoms with E-state index in [0.717, 1.165) is 17.2 Å². The third-order valence-electron chi connectivity index (χ3n) is 3.59. The van der Waals surface area contributed by atoms with Crippen LogP contribution >= 0.6 is 0 Å². The van der Waals surface area contributed by atoms with Crippen LogP contribution in [0.2, 0.25) is 0 Å². The quantitative estimate of drug-likeness (QED) is 0.738. The number of hydrogen-bond donors (Lipinski definition) is 1. The zero-order chi connectivity index (χ0) is 17.8. The summed E-state index contributed by atoms with van der Waals surface area (Å²) in [4.78, 5) is 23.8. The molecule has 0 amide bonds. The predicted octanol–water partition coefficient (Wildman–Crippen LogP) is 2.25. The first-order valence-corrected chi connectivity index (χ1v) is 8.13. The van der Waals surface area contributed by atoms with Crippen molar-refractivity contribution in [3.63, 3.8) is 0 Å². The lowest BCUT2D eigenvalue weighted by Gasteiger charge is -2.14. The molecule has 0 fully saturated rings. The van der Waals surface area contributed by atoms with E-state index < -0.39 is 0 Å². The molecule has 0 unspecified atom stereocenters. The van der Waals surface area contributed by atoms with Gasteiger partial charge in [-0.3, -0.25) is 4.57 Å². The van der Waals surface area contributed by atoms with Crippen LogP contribution in [0.15, 0.2) is 37.1 Å². The molecule has 0 atom stereocenters. The molecule has 0 aliphatic carbocycles. The van der Waals surface area contributed by atoms with Crippen LogP contribution in [-0.4, -0.2) is 43.6 Å². The molecule has 0 saturated heterocycles. The van der Waals surface area contributed by atoms with Crippen molar-refractivity contribution in [1.82, 2.24) is 29.5 Å². The van der Waals surface area contributed by atoms with E-state index >= 15 is 0 Å². The Labute approximate surface area is 147 Å². The van der Waals surface area contributed by atoms with Gasteiger partial charge in [0.15, 0.2) is 0 Å². The Morgan fingerprint density at radius 1 is 1.16 bits per heavy atom. The highest BCUT2D eigenvalue weighted by atomic mass is 15.3. The van der Waals surface area contributed by atoms with Gasteiger partial charge in [-0.2, -0.15) is 15.0 Å². The van der Waals surface area contributed by atoms with Gasteiger partial charge >= 0.3 is 0 Å². The molecule has 1 N–H and O–H groups in total. The Morgan fingerprint density at radius 3 is 2.60 bits per heavy atom. The zero-order valence-electron chi connectivity index (χ0n) is 14.9. The van der Waals surface area contributed by atoms with Gasteiger partial charge < -0.3 is 10.2 Å². The van der Waals surface area contributed by atoms with Gasteiger partial charge in [0.25, 0.3) is 0 Å². The summed E-state index contributed by atoms with van der Waals surface area (Å²) in [5.41, 5.74) is 1.04. The van der Waals surface area contributed by atoms with Crippen molar-refractivity contribution < 1.29 is 0 Å². The summed E-state index contributed by atoms with van der Waals surface area (Å²) in [5.74, 6) is 3.06. The molecule has 3 heterocycles. The van der Waals surface area contributed by atoms with Crippen molar-refractivity contribution in [3.8, 4) is 5.82 Å². The van der Waals surface area contributed by atoms with E-state index in [0.29, 0.717) is 18.4 Å². The summed E-state index contributed by atoms with van der Waals surface area (Å²) in [6.45, 7) is 4.72. The largest absolute Gasteiger partial charge is 0.350 e. The van der Waals surface area contributed by atoms with Crippen molar-refractivity contribution in [1.29, 1.82) is 0 Å². The first-order chi connectivity index (χ1) is 12.0. The SMILES string of the molecule is CC(C)c1nc(NCc2ccc(-n3ccnc3)nc2)nc(N(C)C)n1. The summed E-state index contributed by atoms with van der Waals surface area (Å²) in [6.07, 6.45) is 7.15. The maximum atomic E-state index is 4.50. The minimum absolute atomic E-state index is 0.235. The molecule has 8 nitrogen and oxygen atoms in total. The molecule has 0 spiro atoms. The van der Waals surface area contributed by atoms with Gasteiger partial charge in [-0.15, -0.1) is 0 Å². The van der Waals surface area contributed by atoms with Gasteiger partial charge in [0.05, 0.1) is 0 Å². The van der Waals surface area contributed by atoms with E-state index in [1.165, 1.54) is 0 Å². The predicted molar refractivity (Wildman–Crippen MR) is 96.9 cm³/mol. The lowest BCUT2D eigenvalue weighted by Crippen LogP contribution is -2.17. The molecular formula is C17H22N8. The molecule has 3 rings (SSSR count).